The summed E-state index contributed by atoms with van der Waals surface area (Å²) in [5, 5.41) is 8.47. The van der Waals surface area contributed by atoms with E-state index in [-0.39, 0.29) is 0 Å². The number of carboxylic acid groups (broad SMARTS) is 1. The van der Waals surface area contributed by atoms with Crippen LogP contribution < -0.4 is 0 Å². The average molecular weight is 220 g/mol. The van der Waals surface area contributed by atoms with Gasteiger partial charge in [0.2, 0.25) is 6.43 Å². The fraction of sp³-hybridized carbons (Fsp3) is 0.444. The Kier molecular flexibility index (Phi) is 3.57. The summed E-state index contributed by atoms with van der Waals surface area (Å²) in [6.45, 7) is 1.80. The van der Waals surface area contributed by atoms with Crippen LogP contribution in [0.4, 0.5) is 8.78 Å². The van der Waals surface area contributed by atoms with Gasteiger partial charge in [0.05, 0.1) is 12.3 Å². The van der Waals surface area contributed by atoms with E-state index in [1.807, 2.05) is 0 Å². The van der Waals surface area contributed by atoms with E-state index >= 15 is 0 Å². The van der Waals surface area contributed by atoms with Gasteiger partial charge in [0.25, 0.3) is 0 Å². The van der Waals surface area contributed by atoms with Gasteiger partial charge in [-0.05, 0) is 19.1 Å². The summed E-state index contributed by atoms with van der Waals surface area (Å²) in [4.78, 5) is 11.7. The SMILES string of the molecule is Cc1ccc(C(CC(=O)O)C(F)F)s1. The molecule has 1 rings (SSSR count). The van der Waals surface area contributed by atoms with Crippen molar-refractivity contribution in [1.82, 2.24) is 0 Å². The summed E-state index contributed by atoms with van der Waals surface area (Å²) < 4.78 is 25.0. The molecule has 5 heteroatoms. The van der Waals surface area contributed by atoms with E-state index in [2.05, 4.69) is 0 Å². The molecule has 0 spiro atoms. The zero-order valence-electron chi connectivity index (χ0n) is 7.54. The van der Waals surface area contributed by atoms with Gasteiger partial charge in [-0.25, -0.2) is 8.78 Å². The zero-order valence-corrected chi connectivity index (χ0v) is 8.35. The lowest BCUT2D eigenvalue weighted by atomic mass is 10.0. The molecule has 0 aromatic carbocycles. The molecule has 0 amide bonds. The third-order valence-electron chi connectivity index (χ3n) is 1.83. The number of aryl methyl sites for hydroxylation is 1. The van der Waals surface area contributed by atoms with Crippen molar-refractivity contribution in [3.63, 3.8) is 0 Å². The Morgan fingerprint density at radius 3 is 2.57 bits per heavy atom. The molecule has 0 aliphatic heterocycles. The van der Waals surface area contributed by atoms with Gasteiger partial charge in [-0.1, -0.05) is 0 Å². The maximum absolute atomic E-state index is 12.5. The molecule has 0 radical (unpaired) electrons. The Morgan fingerprint density at radius 2 is 2.21 bits per heavy atom. The van der Waals surface area contributed by atoms with Crippen LogP contribution in [0.15, 0.2) is 12.1 Å². The van der Waals surface area contributed by atoms with Crippen molar-refractivity contribution >= 4 is 17.3 Å². The number of halogens is 2. The second-order valence-corrected chi connectivity index (χ2v) is 4.31. The first kappa shape index (κ1) is 11.1. The molecule has 0 aliphatic carbocycles. The highest BCUT2D eigenvalue weighted by Gasteiger charge is 2.26. The lowest BCUT2D eigenvalue weighted by molar-refractivity contribution is -0.138. The van der Waals surface area contributed by atoms with Crippen molar-refractivity contribution < 1.29 is 18.7 Å². The molecule has 0 aliphatic rings. The van der Waals surface area contributed by atoms with Gasteiger partial charge in [-0.2, -0.15) is 0 Å². The van der Waals surface area contributed by atoms with Gasteiger partial charge in [0.1, 0.15) is 0 Å². The Hall–Kier alpha value is -0.970. The number of hydrogen-bond donors (Lipinski definition) is 1. The van der Waals surface area contributed by atoms with Crippen molar-refractivity contribution in [3.8, 4) is 0 Å². The summed E-state index contributed by atoms with van der Waals surface area (Å²) in [5.74, 6) is -2.37. The summed E-state index contributed by atoms with van der Waals surface area (Å²) in [7, 11) is 0. The van der Waals surface area contributed by atoms with E-state index in [1.165, 1.54) is 11.3 Å². The van der Waals surface area contributed by atoms with E-state index in [0.29, 0.717) is 4.88 Å². The third-order valence-corrected chi connectivity index (χ3v) is 2.96. The van der Waals surface area contributed by atoms with Crippen LogP contribution in [0.5, 0.6) is 0 Å². The summed E-state index contributed by atoms with van der Waals surface area (Å²) in [6.07, 6.45) is -3.14. The first-order chi connectivity index (χ1) is 6.50. The highest BCUT2D eigenvalue weighted by Crippen LogP contribution is 2.31. The summed E-state index contributed by atoms with van der Waals surface area (Å²) >= 11 is 1.22. The van der Waals surface area contributed by atoms with Crippen LogP contribution in [0.2, 0.25) is 0 Å². The molecule has 1 aromatic heterocycles. The first-order valence-corrected chi connectivity index (χ1v) is 4.88. The lowest BCUT2D eigenvalue weighted by Crippen LogP contribution is -2.12. The lowest BCUT2D eigenvalue weighted by Gasteiger charge is -2.10. The predicted molar refractivity (Wildman–Crippen MR) is 50.1 cm³/mol. The monoisotopic (exact) mass is 220 g/mol. The minimum absolute atomic E-state index is 0.444. The van der Waals surface area contributed by atoms with Crippen molar-refractivity contribution in [2.45, 2.75) is 25.7 Å². The van der Waals surface area contributed by atoms with Crippen LogP contribution in [-0.2, 0) is 4.79 Å². The van der Waals surface area contributed by atoms with Gasteiger partial charge < -0.3 is 5.11 Å². The highest BCUT2D eigenvalue weighted by molar-refractivity contribution is 7.12. The molecule has 1 unspecified atom stereocenters. The molecule has 0 saturated carbocycles. The van der Waals surface area contributed by atoms with Crippen molar-refractivity contribution in [2.75, 3.05) is 0 Å². The Bertz CT molecular complexity index is 322. The average Bonchev–Trinajstić information content (AvgIpc) is 2.46. The Balaban J connectivity index is 2.82. The smallest absolute Gasteiger partial charge is 0.304 e. The maximum Gasteiger partial charge on any atom is 0.304 e. The first-order valence-electron chi connectivity index (χ1n) is 4.07. The van der Waals surface area contributed by atoms with Gasteiger partial charge in [-0.15, -0.1) is 11.3 Å². The molecular formula is C9H10F2O2S. The van der Waals surface area contributed by atoms with Crippen LogP contribution in [-0.4, -0.2) is 17.5 Å². The molecule has 2 nitrogen and oxygen atoms in total. The highest BCUT2D eigenvalue weighted by atomic mass is 32.1. The fourth-order valence-electron chi connectivity index (χ4n) is 1.15. The van der Waals surface area contributed by atoms with Crippen LogP contribution >= 0.6 is 11.3 Å². The van der Waals surface area contributed by atoms with Gasteiger partial charge in [0.15, 0.2) is 0 Å². The van der Waals surface area contributed by atoms with E-state index < -0.39 is 24.7 Å². The van der Waals surface area contributed by atoms with Gasteiger partial charge in [0, 0.05) is 9.75 Å². The normalized spacial score (nSPS) is 13.1. The third kappa shape index (κ3) is 2.77. The molecule has 0 bridgehead atoms. The quantitative estimate of drug-likeness (QED) is 0.847. The number of thiophene rings is 1. The summed E-state index contributed by atoms with van der Waals surface area (Å²) in [5.41, 5.74) is 0. The summed E-state index contributed by atoms with van der Waals surface area (Å²) in [6, 6.07) is 3.29. The number of rotatable bonds is 4. The number of carbonyl (C=O) groups is 1. The minimum Gasteiger partial charge on any atom is -0.481 e. The topological polar surface area (TPSA) is 37.3 Å². The van der Waals surface area contributed by atoms with Crippen molar-refractivity contribution in [3.05, 3.63) is 21.9 Å². The number of aliphatic carboxylic acids is 1. The molecule has 14 heavy (non-hydrogen) atoms. The molecule has 0 saturated heterocycles. The van der Waals surface area contributed by atoms with Crippen LogP contribution in [0.3, 0.4) is 0 Å². The largest absolute Gasteiger partial charge is 0.481 e. The minimum atomic E-state index is -2.62. The second-order valence-electron chi connectivity index (χ2n) is 2.99. The second kappa shape index (κ2) is 4.50. The molecule has 1 heterocycles. The van der Waals surface area contributed by atoms with Crippen molar-refractivity contribution in [2.24, 2.45) is 0 Å². The standard InChI is InChI=1S/C9H10F2O2S/c1-5-2-3-7(14-5)6(9(10)11)4-8(12)13/h2-3,6,9H,4H2,1H3,(H,12,13). The van der Waals surface area contributed by atoms with Crippen LogP contribution in [0.25, 0.3) is 0 Å². The fourth-order valence-corrected chi connectivity index (χ4v) is 2.14. The van der Waals surface area contributed by atoms with E-state index in [9.17, 15) is 13.6 Å². The molecule has 1 aromatic rings. The number of alkyl halides is 2. The van der Waals surface area contributed by atoms with Crippen LogP contribution in [0.1, 0.15) is 22.1 Å². The molecule has 1 atom stereocenters. The molecule has 1 N–H and O–H groups in total. The van der Waals surface area contributed by atoms with Crippen LogP contribution in [0, 0.1) is 6.92 Å². The molecular weight excluding hydrogens is 210 g/mol. The Morgan fingerprint density at radius 1 is 1.57 bits per heavy atom. The Labute approximate surface area is 84.2 Å². The van der Waals surface area contributed by atoms with E-state index in [1.54, 1.807) is 19.1 Å². The van der Waals surface area contributed by atoms with Gasteiger partial charge in [-0.3, -0.25) is 4.79 Å². The predicted octanol–water partition coefficient (Wildman–Crippen LogP) is 2.88. The van der Waals surface area contributed by atoms with E-state index in [4.69, 9.17) is 5.11 Å². The van der Waals surface area contributed by atoms with E-state index in [0.717, 1.165) is 4.88 Å². The molecule has 0 fully saturated rings. The zero-order chi connectivity index (χ0) is 10.7. The number of hydrogen-bond acceptors (Lipinski definition) is 2. The maximum atomic E-state index is 12.5. The van der Waals surface area contributed by atoms with Gasteiger partial charge >= 0.3 is 5.97 Å². The number of carboxylic acids is 1. The molecule has 78 valence electrons. The van der Waals surface area contributed by atoms with Crippen molar-refractivity contribution in [1.29, 1.82) is 0 Å².